The van der Waals surface area contributed by atoms with Crippen molar-refractivity contribution in [2.24, 2.45) is 4.99 Å². The van der Waals surface area contributed by atoms with Crippen molar-refractivity contribution in [1.82, 2.24) is 0 Å². The van der Waals surface area contributed by atoms with E-state index in [0.29, 0.717) is 24.0 Å². The van der Waals surface area contributed by atoms with Gasteiger partial charge in [-0.25, -0.2) is 4.99 Å². The van der Waals surface area contributed by atoms with E-state index in [1.54, 1.807) is 31.2 Å². The second-order valence-corrected chi connectivity index (χ2v) is 3.10. The Labute approximate surface area is 95.8 Å². The quantitative estimate of drug-likeness (QED) is 0.535. The third kappa shape index (κ3) is 2.73. The molecule has 0 aliphatic carbocycles. The highest BCUT2D eigenvalue weighted by Gasteiger charge is 2.14. The van der Waals surface area contributed by atoms with Gasteiger partial charge in [0.1, 0.15) is 12.4 Å². The van der Waals surface area contributed by atoms with E-state index >= 15 is 0 Å². The molecule has 1 heterocycles. The van der Waals surface area contributed by atoms with Gasteiger partial charge in [0.25, 0.3) is 0 Å². The molecule has 16 heavy (non-hydrogen) atoms. The fraction of sp³-hybridized carbons (Fsp3) is 0.154. The minimum Gasteiger partial charge on any atom is -0.485 e. The van der Waals surface area contributed by atoms with Crippen LogP contribution in [-0.4, -0.2) is 13.3 Å². The molecule has 1 aliphatic heterocycles. The van der Waals surface area contributed by atoms with Gasteiger partial charge in [-0.05, 0) is 19.7 Å². The summed E-state index contributed by atoms with van der Waals surface area (Å²) in [5.74, 6) is 1.73. The van der Waals surface area contributed by atoms with Crippen LogP contribution in [0.1, 0.15) is 6.92 Å². The standard InChI is InChI=1S/C13H15NO2/c1-5-7-8-12-10(3)16-13(14-4)11(6-2)9-15-12/h5-8H,1-2,4,9H2,3H3/b8-7-. The molecule has 0 unspecified atom stereocenters. The Bertz CT molecular complexity index is 400. The lowest BCUT2D eigenvalue weighted by Gasteiger charge is -2.05. The molecule has 0 atom stereocenters. The van der Waals surface area contributed by atoms with Crippen LogP contribution in [0.3, 0.4) is 0 Å². The van der Waals surface area contributed by atoms with Gasteiger partial charge in [0.05, 0.1) is 5.57 Å². The first-order valence-corrected chi connectivity index (χ1v) is 4.85. The summed E-state index contributed by atoms with van der Waals surface area (Å²) >= 11 is 0. The van der Waals surface area contributed by atoms with Gasteiger partial charge in [-0.1, -0.05) is 31.4 Å². The Hall–Kier alpha value is -2.03. The Kier molecular flexibility index (Phi) is 4.33. The van der Waals surface area contributed by atoms with E-state index in [9.17, 15) is 0 Å². The number of rotatable bonds is 4. The zero-order chi connectivity index (χ0) is 12.0. The van der Waals surface area contributed by atoms with Crippen molar-refractivity contribution in [3.05, 3.63) is 60.4 Å². The maximum absolute atomic E-state index is 5.56. The number of ether oxygens (including phenoxy) is 2. The summed E-state index contributed by atoms with van der Waals surface area (Å²) < 4.78 is 11.1. The Morgan fingerprint density at radius 1 is 1.38 bits per heavy atom. The van der Waals surface area contributed by atoms with Gasteiger partial charge in [0.2, 0.25) is 5.88 Å². The summed E-state index contributed by atoms with van der Waals surface area (Å²) in [7, 11) is 0. The normalized spacial score (nSPS) is 16.6. The van der Waals surface area contributed by atoms with E-state index in [4.69, 9.17) is 9.47 Å². The lowest BCUT2D eigenvalue weighted by molar-refractivity contribution is 0.237. The average Bonchev–Trinajstić information content (AvgIpc) is 2.45. The van der Waals surface area contributed by atoms with Crippen molar-refractivity contribution in [2.75, 3.05) is 6.61 Å². The van der Waals surface area contributed by atoms with Crippen LogP contribution in [0, 0.1) is 0 Å². The zero-order valence-electron chi connectivity index (χ0n) is 9.40. The highest BCUT2D eigenvalue weighted by atomic mass is 16.5. The number of aliphatic imine (C=N–C) groups is 1. The molecule has 0 N–H and O–H groups in total. The maximum atomic E-state index is 5.56. The largest absolute Gasteiger partial charge is 0.485 e. The van der Waals surface area contributed by atoms with Crippen LogP contribution in [0.25, 0.3) is 0 Å². The third-order valence-corrected chi connectivity index (χ3v) is 2.03. The van der Waals surface area contributed by atoms with E-state index in [1.807, 2.05) is 0 Å². The summed E-state index contributed by atoms with van der Waals surface area (Å²) in [5.41, 5.74) is 0.774. The topological polar surface area (TPSA) is 30.8 Å². The van der Waals surface area contributed by atoms with Gasteiger partial charge in [0.15, 0.2) is 5.76 Å². The molecule has 0 aromatic heterocycles. The predicted molar refractivity (Wildman–Crippen MR) is 65.8 cm³/mol. The highest BCUT2D eigenvalue weighted by Crippen LogP contribution is 2.22. The molecule has 0 amide bonds. The summed E-state index contributed by atoms with van der Waals surface area (Å²) in [6.07, 6.45) is 6.89. The molecular weight excluding hydrogens is 202 g/mol. The third-order valence-electron chi connectivity index (χ3n) is 2.03. The molecule has 0 bridgehead atoms. The first-order valence-electron chi connectivity index (χ1n) is 4.85. The van der Waals surface area contributed by atoms with Gasteiger partial charge < -0.3 is 9.47 Å². The maximum Gasteiger partial charge on any atom is 0.224 e. The Morgan fingerprint density at radius 3 is 2.69 bits per heavy atom. The van der Waals surface area contributed by atoms with Gasteiger partial charge >= 0.3 is 0 Å². The molecule has 0 fully saturated rings. The molecule has 0 aromatic carbocycles. The summed E-state index contributed by atoms with van der Waals surface area (Å²) in [6.45, 7) is 12.9. The first-order chi connectivity index (χ1) is 7.72. The zero-order valence-corrected chi connectivity index (χ0v) is 9.40. The predicted octanol–water partition coefficient (Wildman–Crippen LogP) is 3.11. The van der Waals surface area contributed by atoms with Crippen LogP contribution in [-0.2, 0) is 9.47 Å². The lowest BCUT2D eigenvalue weighted by atomic mass is 10.3. The molecule has 3 heteroatoms. The van der Waals surface area contributed by atoms with E-state index in [1.165, 1.54) is 0 Å². The second kappa shape index (κ2) is 5.75. The van der Waals surface area contributed by atoms with E-state index in [-0.39, 0.29) is 0 Å². The van der Waals surface area contributed by atoms with Crippen LogP contribution in [0.5, 0.6) is 0 Å². The van der Waals surface area contributed by atoms with Crippen molar-refractivity contribution in [3.8, 4) is 0 Å². The van der Waals surface area contributed by atoms with Crippen LogP contribution < -0.4 is 0 Å². The number of hydrogen-bond donors (Lipinski definition) is 0. The minimum absolute atomic E-state index is 0.367. The summed E-state index contributed by atoms with van der Waals surface area (Å²) in [6, 6.07) is 0. The molecule has 1 aliphatic rings. The molecule has 0 aromatic rings. The minimum atomic E-state index is 0.367. The summed E-state index contributed by atoms with van der Waals surface area (Å²) in [4.78, 5) is 3.80. The van der Waals surface area contributed by atoms with Crippen molar-refractivity contribution < 1.29 is 9.47 Å². The van der Waals surface area contributed by atoms with Crippen LogP contribution in [0.2, 0.25) is 0 Å². The average molecular weight is 217 g/mol. The van der Waals surface area contributed by atoms with Gasteiger partial charge in [-0.3, -0.25) is 0 Å². The summed E-state index contributed by atoms with van der Waals surface area (Å²) in [5, 5.41) is 0. The highest BCUT2D eigenvalue weighted by molar-refractivity contribution is 5.34. The SMILES string of the molecule is C=C/C=C\C1=C(C)OC(N=C)=C(C=C)CO1. The Morgan fingerprint density at radius 2 is 2.12 bits per heavy atom. The van der Waals surface area contributed by atoms with E-state index in [2.05, 4.69) is 24.9 Å². The molecule has 0 radical (unpaired) electrons. The second-order valence-electron chi connectivity index (χ2n) is 3.10. The number of hydrogen-bond acceptors (Lipinski definition) is 3. The van der Waals surface area contributed by atoms with Crippen molar-refractivity contribution in [3.63, 3.8) is 0 Å². The smallest absolute Gasteiger partial charge is 0.224 e. The monoisotopic (exact) mass is 217 g/mol. The van der Waals surface area contributed by atoms with Crippen molar-refractivity contribution in [2.45, 2.75) is 6.92 Å². The fourth-order valence-corrected chi connectivity index (χ4v) is 1.18. The van der Waals surface area contributed by atoms with Gasteiger partial charge in [-0.15, -0.1) is 0 Å². The molecule has 1 rings (SSSR count). The molecule has 0 saturated carbocycles. The van der Waals surface area contributed by atoms with Crippen LogP contribution in [0.4, 0.5) is 0 Å². The first kappa shape index (κ1) is 12.0. The Balaban J connectivity index is 2.99. The van der Waals surface area contributed by atoms with Gasteiger partial charge in [-0.2, -0.15) is 0 Å². The lowest BCUT2D eigenvalue weighted by Crippen LogP contribution is -1.95. The molecule has 84 valence electrons. The molecule has 0 saturated heterocycles. The molecule has 0 spiro atoms. The number of allylic oxidation sites excluding steroid dienone is 4. The molecular formula is C13H15NO2. The van der Waals surface area contributed by atoms with Gasteiger partial charge in [0, 0.05) is 0 Å². The van der Waals surface area contributed by atoms with E-state index in [0.717, 1.165) is 5.57 Å². The fourth-order valence-electron chi connectivity index (χ4n) is 1.18. The van der Waals surface area contributed by atoms with Crippen molar-refractivity contribution >= 4 is 6.72 Å². The van der Waals surface area contributed by atoms with E-state index < -0.39 is 0 Å². The van der Waals surface area contributed by atoms with Crippen LogP contribution in [0.15, 0.2) is 65.4 Å². The van der Waals surface area contributed by atoms with Crippen LogP contribution >= 0.6 is 0 Å². The van der Waals surface area contributed by atoms with Crippen molar-refractivity contribution in [1.29, 1.82) is 0 Å². The molecule has 3 nitrogen and oxygen atoms in total. The number of nitrogens with zero attached hydrogens (tertiary/aromatic N) is 1.